The molecule has 0 radical (unpaired) electrons. The predicted molar refractivity (Wildman–Crippen MR) is 73.5 cm³/mol. The lowest BCUT2D eigenvalue weighted by Crippen LogP contribution is -2.45. The van der Waals surface area contributed by atoms with E-state index in [-0.39, 0.29) is 18.1 Å². The fourth-order valence-corrected chi connectivity index (χ4v) is 2.10. The Bertz CT molecular complexity index is 256. The summed E-state index contributed by atoms with van der Waals surface area (Å²) in [5, 5.41) is 6.24. The van der Waals surface area contributed by atoms with Gasteiger partial charge in [0.1, 0.15) is 6.10 Å². The van der Waals surface area contributed by atoms with E-state index in [0.717, 1.165) is 32.5 Å². The first-order valence-corrected chi connectivity index (χ1v) is 7.14. The second-order valence-electron chi connectivity index (χ2n) is 5.76. The van der Waals surface area contributed by atoms with Gasteiger partial charge in [0.15, 0.2) is 0 Å². The highest BCUT2D eigenvalue weighted by Crippen LogP contribution is 2.16. The van der Waals surface area contributed by atoms with Gasteiger partial charge in [-0.25, -0.2) is 0 Å². The van der Waals surface area contributed by atoms with E-state index in [1.54, 1.807) is 0 Å². The van der Waals surface area contributed by atoms with Crippen LogP contribution in [0.4, 0.5) is 0 Å². The molecule has 4 heteroatoms. The molecule has 0 aromatic heterocycles. The van der Waals surface area contributed by atoms with Crippen LogP contribution in [-0.4, -0.2) is 37.7 Å². The third kappa shape index (κ3) is 5.36. The first kappa shape index (κ1) is 15.4. The maximum Gasteiger partial charge on any atom is 0.248 e. The molecular weight excluding hydrogens is 228 g/mol. The average molecular weight is 256 g/mol. The van der Waals surface area contributed by atoms with E-state index >= 15 is 0 Å². The van der Waals surface area contributed by atoms with Crippen LogP contribution < -0.4 is 10.6 Å². The number of ether oxygens (including phenoxy) is 1. The van der Waals surface area contributed by atoms with Crippen molar-refractivity contribution in [3.05, 3.63) is 0 Å². The fourth-order valence-electron chi connectivity index (χ4n) is 2.10. The minimum absolute atomic E-state index is 0.00780. The first-order chi connectivity index (χ1) is 8.50. The van der Waals surface area contributed by atoms with Gasteiger partial charge in [0.25, 0.3) is 0 Å². The molecule has 0 saturated carbocycles. The summed E-state index contributed by atoms with van der Waals surface area (Å²) in [5.41, 5.74) is 0. The standard InChI is InChI=1S/C14H28N2O2/c1-10(2)5-8-16-14(17)12(4)18-13-9-15-7-6-11(13)3/h10-13,15H,5-9H2,1-4H3,(H,16,17). The minimum Gasteiger partial charge on any atom is -0.364 e. The van der Waals surface area contributed by atoms with Crippen LogP contribution in [0.15, 0.2) is 0 Å². The van der Waals surface area contributed by atoms with Crippen LogP contribution in [0, 0.1) is 11.8 Å². The second-order valence-corrected chi connectivity index (χ2v) is 5.76. The highest BCUT2D eigenvalue weighted by molar-refractivity contribution is 5.80. The maximum absolute atomic E-state index is 11.8. The summed E-state index contributed by atoms with van der Waals surface area (Å²) in [5.74, 6) is 1.15. The number of hydrogen-bond donors (Lipinski definition) is 2. The number of hydrogen-bond acceptors (Lipinski definition) is 3. The molecule has 1 aliphatic heterocycles. The number of carbonyl (C=O) groups excluding carboxylic acids is 1. The van der Waals surface area contributed by atoms with E-state index in [1.807, 2.05) is 6.92 Å². The van der Waals surface area contributed by atoms with E-state index in [2.05, 4.69) is 31.4 Å². The summed E-state index contributed by atoms with van der Waals surface area (Å²) in [4.78, 5) is 11.8. The van der Waals surface area contributed by atoms with Crippen molar-refractivity contribution in [1.29, 1.82) is 0 Å². The van der Waals surface area contributed by atoms with Crippen molar-refractivity contribution in [1.82, 2.24) is 10.6 Å². The third-order valence-corrected chi connectivity index (χ3v) is 3.53. The van der Waals surface area contributed by atoms with Gasteiger partial charge in [-0.3, -0.25) is 4.79 Å². The zero-order valence-corrected chi connectivity index (χ0v) is 12.2. The van der Waals surface area contributed by atoms with Crippen molar-refractivity contribution in [2.45, 2.75) is 52.7 Å². The number of amides is 1. The number of rotatable bonds is 6. The maximum atomic E-state index is 11.8. The average Bonchev–Trinajstić information content (AvgIpc) is 2.31. The molecule has 1 saturated heterocycles. The molecule has 1 aliphatic rings. The molecule has 3 atom stereocenters. The Morgan fingerprint density at radius 1 is 1.44 bits per heavy atom. The van der Waals surface area contributed by atoms with Gasteiger partial charge in [-0.15, -0.1) is 0 Å². The van der Waals surface area contributed by atoms with Gasteiger partial charge in [0, 0.05) is 13.1 Å². The van der Waals surface area contributed by atoms with E-state index in [1.165, 1.54) is 0 Å². The van der Waals surface area contributed by atoms with Crippen LogP contribution in [-0.2, 0) is 9.53 Å². The lowest BCUT2D eigenvalue weighted by Gasteiger charge is -2.31. The van der Waals surface area contributed by atoms with Crippen LogP contribution in [0.1, 0.15) is 40.5 Å². The Morgan fingerprint density at radius 2 is 2.17 bits per heavy atom. The van der Waals surface area contributed by atoms with Gasteiger partial charge < -0.3 is 15.4 Å². The normalized spacial score (nSPS) is 26.1. The van der Waals surface area contributed by atoms with Crippen molar-refractivity contribution in [3.8, 4) is 0 Å². The molecule has 1 amide bonds. The summed E-state index contributed by atoms with van der Waals surface area (Å²) in [6, 6.07) is 0. The summed E-state index contributed by atoms with van der Waals surface area (Å²) >= 11 is 0. The molecular formula is C14H28N2O2. The summed E-state index contributed by atoms with van der Waals surface area (Å²) in [6.07, 6.45) is 1.93. The first-order valence-electron chi connectivity index (χ1n) is 7.14. The number of piperidine rings is 1. The molecule has 1 rings (SSSR count). The topological polar surface area (TPSA) is 50.4 Å². The molecule has 0 spiro atoms. The molecule has 4 nitrogen and oxygen atoms in total. The molecule has 106 valence electrons. The molecule has 1 fully saturated rings. The minimum atomic E-state index is -0.357. The Hall–Kier alpha value is -0.610. The third-order valence-electron chi connectivity index (χ3n) is 3.53. The molecule has 2 N–H and O–H groups in total. The molecule has 18 heavy (non-hydrogen) atoms. The van der Waals surface area contributed by atoms with Crippen LogP contribution in [0.25, 0.3) is 0 Å². The number of nitrogens with one attached hydrogen (secondary N) is 2. The molecule has 3 unspecified atom stereocenters. The van der Waals surface area contributed by atoms with Gasteiger partial charge in [-0.05, 0) is 38.1 Å². The molecule has 0 bridgehead atoms. The van der Waals surface area contributed by atoms with Crippen LogP contribution in [0.5, 0.6) is 0 Å². The fraction of sp³-hybridized carbons (Fsp3) is 0.929. The summed E-state index contributed by atoms with van der Waals surface area (Å²) in [7, 11) is 0. The number of carbonyl (C=O) groups is 1. The Kier molecular flexibility index (Phi) is 6.65. The largest absolute Gasteiger partial charge is 0.364 e. The van der Waals surface area contributed by atoms with Crippen LogP contribution >= 0.6 is 0 Å². The molecule has 0 aliphatic carbocycles. The Labute approximate surface area is 111 Å². The molecule has 1 heterocycles. The van der Waals surface area contributed by atoms with Crippen molar-refractivity contribution in [2.75, 3.05) is 19.6 Å². The van der Waals surface area contributed by atoms with Crippen molar-refractivity contribution >= 4 is 5.91 Å². The van der Waals surface area contributed by atoms with Gasteiger partial charge in [-0.1, -0.05) is 20.8 Å². The molecule has 0 aromatic rings. The van der Waals surface area contributed by atoms with Gasteiger partial charge >= 0.3 is 0 Å². The predicted octanol–water partition coefficient (Wildman–Crippen LogP) is 1.55. The van der Waals surface area contributed by atoms with Gasteiger partial charge in [0.2, 0.25) is 5.91 Å². The molecule has 0 aromatic carbocycles. The smallest absolute Gasteiger partial charge is 0.248 e. The quantitative estimate of drug-likeness (QED) is 0.758. The van der Waals surface area contributed by atoms with Crippen LogP contribution in [0.3, 0.4) is 0 Å². The summed E-state index contributed by atoms with van der Waals surface area (Å²) < 4.78 is 5.85. The van der Waals surface area contributed by atoms with Crippen LogP contribution in [0.2, 0.25) is 0 Å². The van der Waals surface area contributed by atoms with Gasteiger partial charge in [0.05, 0.1) is 6.10 Å². The van der Waals surface area contributed by atoms with E-state index in [4.69, 9.17) is 4.74 Å². The highest BCUT2D eigenvalue weighted by atomic mass is 16.5. The Morgan fingerprint density at radius 3 is 2.78 bits per heavy atom. The lowest BCUT2D eigenvalue weighted by molar-refractivity contribution is -0.138. The van der Waals surface area contributed by atoms with E-state index in [0.29, 0.717) is 11.8 Å². The van der Waals surface area contributed by atoms with Crippen molar-refractivity contribution in [3.63, 3.8) is 0 Å². The van der Waals surface area contributed by atoms with Crippen molar-refractivity contribution in [2.24, 2.45) is 11.8 Å². The monoisotopic (exact) mass is 256 g/mol. The zero-order chi connectivity index (χ0) is 13.5. The van der Waals surface area contributed by atoms with E-state index < -0.39 is 0 Å². The van der Waals surface area contributed by atoms with Gasteiger partial charge in [-0.2, -0.15) is 0 Å². The van der Waals surface area contributed by atoms with Crippen molar-refractivity contribution < 1.29 is 9.53 Å². The Balaban J connectivity index is 2.25. The summed E-state index contributed by atoms with van der Waals surface area (Å²) in [6.45, 7) is 11.0. The highest BCUT2D eigenvalue weighted by Gasteiger charge is 2.25. The lowest BCUT2D eigenvalue weighted by atomic mass is 9.97. The second kappa shape index (κ2) is 7.74. The zero-order valence-electron chi connectivity index (χ0n) is 12.2. The van der Waals surface area contributed by atoms with E-state index in [9.17, 15) is 4.79 Å². The SMILES string of the molecule is CC(C)CCNC(=O)C(C)OC1CNCCC1C.